The van der Waals surface area contributed by atoms with Gasteiger partial charge in [0.05, 0.1) is 11.0 Å². The molecule has 1 aromatic rings. The van der Waals surface area contributed by atoms with Gasteiger partial charge in [0.2, 0.25) is 10.0 Å². The second kappa shape index (κ2) is 8.93. The fraction of sp³-hybridized carbons (Fsp3) is 0.550. The molecular weight excluding hydrogens is 394 g/mol. The van der Waals surface area contributed by atoms with Crippen LogP contribution in [-0.4, -0.2) is 49.3 Å². The molecule has 0 spiro atoms. The predicted molar refractivity (Wildman–Crippen MR) is 106 cm³/mol. The number of nitriles is 1. The highest BCUT2D eigenvalue weighted by molar-refractivity contribution is 7.89. The van der Waals surface area contributed by atoms with Crippen LogP contribution in [0, 0.1) is 24.2 Å². The number of hydrogen-bond acceptors (Lipinski definition) is 6. The van der Waals surface area contributed by atoms with Crippen molar-refractivity contribution in [3.63, 3.8) is 0 Å². The number of esters is 1. The Hall–Kier alpha value is -2.44. The van der Waals surface area contributed by atoms with Gasteiger partial charge in [-0.15, -0.1) is 0 Å². The summed E-state index contributed by atoms with van der Waals surface area (Å²) >= 11 is 0. The van der Waals surface area contributed by atoms with Crippen LogP contribution in [0.1, 0.15) is 39.2 Å². The summed E-state index contributed by atoms with van der Waals surface area (Å²) in [5.74, 6) is -1.52. The fourth-order valence-corrected chi connectivity index (χ4v) is 4.62. The number of ether oxygens (including phenoxy) is 1. The number of carbonyl (C=O) groups excluding carboxylic acids is 2. The number of sulfonamides is 1. The van der Waals surface area contributed by atoms with Crippen molar-refractivity contribution in [2.75, 3.05) is 13.2 Å². The molecular formula is C20H27N3O5S. The molecule has 0 aliphatic carbocycles. The number of carbonyl (C=O) groups is 2. The molecule has 9 heteroatoms. The zero-order valence-corrected chi connectivity index (χ0v) is 18.0. The Bertz CT molecular complexity index is 905. The van der Waals surface area contributed by atoms with Gasteiger partial charge in [-0.25, -0.2) is 8.42 Å². The molecule has 1 aliphatic rings. The van der Waals surface area contributed by atoms with Crippen LogP contribution in [0.25, 0.3) is 0 Å². The van der Waals surface area contributed by atoms with Crippen LogP contribution in [-0.2, 0) is 24.3 Å². The van der Waals surface area contributed by atoms with Gasteiger partial charge in [0, 0.05) is 6.54 Å². The molecule has 8 nitrogen and oxygen atoms in total. The number of amides is 1. The van der Waals surface area contributed by atoms with Crippen LogP contribution in [0.5, 0.6) is 0 Å². The van der Waals surface area contributed by atoms with Gasteiger partial charge in [0.1, 0.15) is 11.6 Å². The molecule has 1 aromatic carbocycles. The molecule has 1 N–H and O–H groups in total. The lowest BCUT2D eigenvalue weighted by molar-refractivity contribution is -0.152. The largest absolute Gasteiger partial charge is 0.454 e. The van der Waals surface area contributed by atoms with Gasteiger partial charge in [-0.05, 0) is 44.7 Å². The van der Waals surface area contributed by atoms with E-state index in [4.69, 9.17) is 4.74 Å². The first-order valence-corrected chi connectivity index (χ1v) is 10.9. The van der Waals surface area contributed by atoms with Crippen LogP contribution < -0.4 is 5.32 Å². The van der Waals surface area contributed by atoms with Crippen molar-refractivity contribution in [3.8, 4) is 6.07 Å². The topological polar surface area (TPSA) is 117 Å². The number of nitrogens with one attached hydrogen (secondary N) is 1. The number of aryl methyl sites for hydroxylation is 1. The number of benzene rings is 1. The van der Waals surface area contributed by atoms with Gasteiger partial charge in [-0.2, -0.15) is 9.57 Å². The van der Waals surface area contributed by atoms with Crippen molar-refractivity contribution in [2.24, 2.45) is 5.92 Å². The lowest BCUT2D eigenvalue weighted by atomic mass is 9.90. The Morgan fingerprint density at radius 1 is 1.34 bits per heavy atom. The molecule has 0 unspecified atom stereocenters. The smallest absolute Gasteiger partial charge is 0.324 e. The van der Waals surface area contributed by atoms with Crippen LogP contribution in [0.3, 0.4) is 0 Å². The van der Waals surface area contributed by atoms with E-state index in [-0.39, 0.29) is 17.4 Å². The molecule has 2 atom stereocenters. The maximum absolute atomic E-state index is 12.9. The molecule has 1 fully saturated rings. The van der Waals surface area contributed by atoms with Crippen molar-refractivity contribution >= 4 is 21.9 Å². The molecule has 1 heterocycles. The van der Waals surface area contributed by atoms with Gasteiger partial charge >= 0.3 is 5.97 Å². The van der Waals surface area contributed by atoms with Crippen molar-refractivity contribution in [1.29, 1.82) is 5.26 Å². The number of hydrogen-bond donors (Lipinski definition) is 1. The molecule has 0 bridgehead atoms. The Balaban J connectivity index is 2.04. The summed E-state index contributed by atoms with van der Waals surface area (Å²) in [6.45, 7) is 6.67. The van der Waals surface area contributed by atoms with E-state index >= 15 is 0 Å². The molecule has 158 valence electrons. The van der Waals surface area contributed by atoms with E-state index in [1.165, 1.54) is 12.1 Å². The molecule has 0 radical (unpaired) electrons. The summed E-state index contributed by atoms with van der Waals surface area (Å²) in [7, 11) is -3.84. The average molecular weight is 422 g/mol. The maximum atomic E-state index is 12.9. The Morgan fingerprint density at radius 2 is 1.97 bits per heavy atom. The minimum atomic E-state index is -3.84. The quantitative estimate of drug-likeness (QED) is 0.671. The predicted octanol–water partition coefficient (Wildman–Crippen LogP) is 1.75. The summed E-state index contributed by atoms with van der Waals surface area (Å²) in [4.78, 5) is 24.7. The summed E-state index contributed by atoms with van der Waals surface area (Å²) < 4.78 is 32.0. The van der Waals surface area contributed by atoms with E-state index in [9.17, 15) is 23.3 Å². The minimum Gasteiger partial charge on any atom is -0.454 e. The summed E-state index contributed by atoms with van der Waals surface area (Å²) in [5.41, 5.74) is -0.157. The van der Waals surface area contributed by atoms with E-state index in [2.05, 4.69) is 5.32 Å². The Kier molecular flexibility index (Phi) is 7.03. The first kappa shape index (κ1) is 22.8. The normalized spacial score (nSPS) is 19.4. The highest BCUT2D eigenvalue weighted by atomic mass is 32.2. The van der Waals surface area contributed by atoms with Gasteiger partial charge in [-0.1, -0.05) is 31.5 Å². The van der Waals surface area contributed by atoms with Crippen molar-refractivity contribution in [1.82, 2.24) is 9.62 Å². The van der Waals surface area contributed by atoms with E-state index in [0.717, 1.165) is 9.87 Å². The van der Waals surface area contributed by atoms with Crippen LogP contribution in [0.2, 0.25) is 0 Å². The summed E-state index contributed by atoms with van der Waals surface area (Å²) in [6, 6.07) is 7.48. The lowest BCUT2D eigenvalue weighted by Crippen LogP contribution is -2.50. The SMILES string of the molecule is Cc1ccc(S(=O)(=O)N2CCC[C@H]2C(=O)OCC(=O)N[C@](C)(C#N)C(C)C)cc1. The molecule has 1 amide bonds. The molecule has 29 heavy (non-hydrogen) atoms. The first-order valence-electron chi connectivity index (χ1n) is 9.48. The second-order valence-corrected chi connectivity index (χ2v) is 9.60. The minimum absolute atomic E-state index is 0.113. The van der Waals surface area contributed by atoms with E-state index in [1.54, 1.807) is 32.9 Å². The Labute approximate surface area is 171 Å². The van der Waals surface area contributed by atoms with Gasteiger partial charge in [-0.3, -0.25) is 9.59 Å². The van der Waals surface area contributed by atoms with E-state index in [1.807, 2.05) is 13.0 Å². The summed E-state index contributed by atoms with van der Waals surface area (Å²) in [5, 5.41) is 11.8. The van der Waals surface area contributed by atoms with Gasteiger partial charge in [0.25, 0.3) is 5.91 Å². The summed E-state index contributed by atoms with van der Waals surface area (Å²) in [6.07, 6.45) is 0.852. The molecule has 2 rings (SSSR count). The van der Waals surface area contributed by atoms with E-state index < -0.39 is 40.1 Å². The lowest BCUT2D eigenvalue weighted by Gasteiger charge is -2.27. The fourth-order valence-electron chi connectivity index (χ4n) is 2.97. The molecule has 1 saturated heterocycles. The first-order chi connectivity index (χ1) is 13.5. The van der Waals surface area contributed by atoms with Crippen molar-refractivity contribution in [2.45, 2.75) is 57.0 Å². The Morgan fingerprint density at radius 3 is 2.52 bits per heavy atom. The highest BCUT2D eigenvalue weighted by Gasteiger charge is 2.40. The van der Waals surface area contributed by atoms with Crippen molar-refractivity contribution < 1.29 is 22.7 Å². The maximum Gasteiger partial charge on any atom is 0.324 e. The standard InChI is InChI=1S/C20H27N3O5S/c1-14(2)20(4,13-21)22-18(24)12-28-19(25)17-6-5-11-23(17)29(26,27)16-9-7-15(3)8-10-16/h7-10,14,17H,5-6,11-12H2,1-4H3,(H,22,24)/t17-,20+/m0/s1. The van der Waals surface area contributed by atoms with Crippen molar-refractivity contribution in [3.05, 3.63) is 29.8 Å². The molecule has 1 aliphatic heterocycles. The van der Waals surface area contributed by atoms with E-state index in [0.29, 0.717) is 12.8 Å². The van der Waals surface area contributed by atoms with Gasteiger partial charge < -0.3 is 10.1 Å². The number of nitrogens with zero attached hydrogens (tertiary/aromatic N) is 2. The second-order valence-electron chi connectivity index (χ2n) is 7.71. The molecule has 0 aromatic heterocycles. The van der Waals surface area contributed by atoms with Crippen LogP contribution >= 0.6 is 0 Å². The third-order valence-electron chi connectivity index (χ3n) is 5.23. The van der Waals surface area contributed by atoms with Gasteiger partial charge in [0.15, 0.2) is 6.61 Å². The highest BCUT2D eigenvalue weighted by Crippen LogP contribution is 2.27. The average Bonchev–Trinajstić information content (AvgIpc) is 3.17. The zero-order valence-electron chi connectivity index (χ0n) is 17.1. The number of rotatable bonds is 7. The third-order valence-corrected chi connectivity index (χ3v) is 7.16. The third kappa shape index (κ3) is 5.14. The zero-order chi connectivity index (χ0) is 21.8. The monoisotopic (exact) mass is 421 g/mol. The molecule has 0 saturated carbocycles. The van der Waals surface area contributed by atoms with Crippen LogP contribution in [0.15, 0.2) is 29.2 Å². The van der Waals surface area contributed by atoms with Crippen LogP contribution in [0.4, 0.5) is 0 Å².